The first-order valence-corrected chi connectivity index (χ1v) is 6.60. The molecule has 1 aliphatic heterocycles. The molecule has 3 nitrogen and oxygen atoms in total. The molecule has 0 radical (unpaired) electrons. The van der Waals surface area contributed by atoms with Gasteiger partial charge in [0.05, 0.1) is 12.8 Å². The summed E-state index contributed by atoms with van der Waals surface area (Å²) in [6, 6.07) is 5.13. The van der Waals surface area contributed by atoms with Gasteiger partial charge >= 0.3 is 0 Å². The molecule has 0 aromatic heterocycles. The number of anilines is 1. The van der Waals surface area contributed by atoms with E-state index < -0.39 is 0 Å². The van der Waals surface area contributed by atoms with Gasteiger partial charge in [-0.25, -0.2) is 4.39 Å². The van der Waals surface area contributed by atoms with Gasteiger partial charge in [0.2, 0.25) is 0 Å². The Morgan fingerprint density at radius 2 is 2.33 bits per heavy atom. The Kier molecular flexibility index (Phi) is 4.81. The standard InChI is InChI=1S/C14H21FN2O/c1-18-14-6-5-11(15)10-13(14)17-9-7-12-4-2-3-8-16-12/h5-6,10,12,16-17H,2-4,7-9H2,1H3. The van der Waals surface area contributed by atoms with Gasteiger partial charge in [0, 0.05) is 18.7 Å². The summed E-state index contributed by atoms with van der Waals surface area (Å²) in [5, 5.41) is 6.75. The van der Waals surface area contributed by atoms with E-state index in [4.69, 9.17) is 4.74 Å². The Balaban J connectivity index is 1.83. The number of ether oxygens (including phenoxy) is 1. The third kappa shape index (κ3) is 3.60. The van der Waals surface area contributed by atoms with Crippen molar-refractivity contribution in [2.75, 3.05) is 25.5 Å². The fourth-order valence-electron chi connectivity index (χ4n) is 2.37. The third-order valence-corrected chi connectivity index (χ3v) is 3.38. The Morgan fingerprint density at radius 1 is 1.44 bits per heavy atom. The van der Waals surface area contributed by atoms with Crippen molar-refractivity contribution in [3.05, 3.63) is 24.0 Å². The number of piperidine rings is 1. The molecular weight excluding hydrogens is 231 g/mol. The van der Waals surface area contributed by atoms with Crippen LogP contribution in [0, 0.1) is 5.82 Å². The van der Waals surface area contributed by atoms with Gasteiger partial charge < -0.3 is 15.4 Å². The Morgan fingerprint density at radius 3 is 3.06 bits per heavy atom. The minimum absolute atomic E-state index is 0.242. The second kappa shape index (κ2) is 6.59. The van der Waals surface area contributed by atoms with Crippen molar-refractivity contribution in [2.45, 2.75) is 31.7 Å². The summed E-state index contributed by atoms with van der Waals surface area (Å²) in [4.78, 5) is 0. The summed E-state index contributed by atoms with van der Waals surface area (Å²) in [7, 11) is 1.60. The van der Waals surface area contributed by atoms with Crippen molar-refractivity contribution >= 4 is 5.69 Å². The zero-order chi connectivity index (χ0) is 12.8. The second-order valence-corrected chi connectivity index (χ2v) is 4.71. The molecule has 1 aromatic rings. The lowest BCUT2D eigenvalue weighted by molar-refractivity contribution is 0.388. The molecule has 1 aliphatic rings. The van der Waals surface area contributed by atoms with Crippen LogP contribution < -0.4 is 15.4 Å². The highest BCUT2D eigenvalue weighted by Gasteiger charge is 2.12. The van der Waals surface area contributed by atoms with Crippen LogP contribution in [0.5, 0.6) is 5.75 Å². The highest BCUT2D eigenvalue weighted by Crippen LogP contribution is 2.24. The highest BCUT2D eigenvalue weighted by atomic mass is 19.1. The lowest BCUT2D eigenvalue weighted by atomic mass is 10.0. The summed E-state index contributed by atoms with van der Waals surface area (Å²) in [5.41, 5.74) is 0.730. The molecule has 0 amide bonds. The van der Waals surface area contributed by atoms with Crippen LogP contribution in [0.4, 0.5) is 10.1 Å². The number of methoxy groups -OCH3 is 1. The molecule has 0 saturated carbocycles. The molecule has 1 unspecified atom stereocenters. The van der Waals surface area contributed by atoms with Gasteiger partial charge in [-0.3, -0.25) is 0 Å². The molecule has 1 heterocycles. The second-order valence-electron chi connectivity index (χ2n) is 4.71. The molecule has 4 heteroatoms. The maximum atomic E-state index is 13.2. The van der Waals surface area contributed by atoms with Crippen molar-refractivity contribution < 1.29 is 9.13 Å². The molecule has 100 valence electrons. The fourth-order valence-corrected chi connectivity index (χ4v) is 2.37. The molecular formula is C14H21FN2O. The number of rotatable bonds is 5. The first-order valence-electron chi connectivity index (χ1n) is 6.60. The quantitative estimate of drug-likeness (QED) is 0.845. The average molecular weight is 252 g/mol. The summed E-state index contributed by atoms with van der Waals surface area (Å²) >= 11 is 0. The van der Waals surface area contributed by atoms with Crippen molar-refractivity contribution in [1.82, 2.24) is 5.32 Å². The number of hydrogen-bond donors (Lipinski definition) is 2. The molecule has 18 heavy (non-hydrogen) atoms. The lowest BCUT2D eigenvalue weighted by Crippen LogP contribution is -2.35. The number of hydrogen-bond acceptors (Lipinski definition) is 3. The number of nitrogens with one attached hydrogen (secondary N) is 2. The van der Waals surface area contributed by atoms with Crippen LogP contribution in [0.1, 0.15) is 25.7 Å². The SMILES string of the molecule is COc1ccc(F)cc1NCCC1CCCCN1. The molecule has 0 bridgehead atoms. The predicted octanol–water partition coefficient (Wildman–Crippen LogP) is 2.78. The smallest absolute Gasteiger partial charge is 0.142 e. The van der Waals surface area contributed by atoms with Gasteiger partial charge in [-0.05, 0) is 37.9 Å². The van der Waals surface area contributed by atoms with E-state index in [1.54, 1.807) is 13.2 Å². The van der Waals surface area contributed by atoms with Crippen LogP contribution in [0.3, 0.4) is 0 Å². The summed E-state index contributed by atoms with van der Waals surface area (Å²) in [5.74, 6) is 0.446. The van der Waals surface area contributed by atoms with Crippen LogP contribution in [-0.2, 0) is 0 Å². The Hall–Kier alpha value is -1.29. The average Bonchev–Trinajstić information content (AvgIpc) is 2.40. The molecule has 1 aromatic carbocycles. The van der Waals surface area contributed by atoms with E-state index in [-0.39, 0.29) is 5.82 Å². The summed E-state index contributed by atoms with van der Waals surface area (Å²) in [6.45, 7) is 1.95. The van der Waals surface area contributed by atoms with E-state index in [2.05, 4.69) is 10.6 Å². The first kappa shape index (κ1) is 13.1. The van der Waals surface area contributed by atoms with E-state index in [1.807, 2.05) is 0 Å². The van der Waals surface area contributed by atoms with Crippen molar-refractivity contribution in [1.29, 1.82) is 0 Å². The minimum atomic E-state index is -0.242. The van der Waals surface area contributed by atoms with Crippen LogP contribution in [0.2, 0.25) is 0 Å². The van der Waals surface area contributed by atoms with Gasteiger partial charge in [-0.2, -0.15) is 0 Å². The topological polar surface area (TPSA) is 33.3 Å². The molecule has 1 fully saturated rings. The molecule has 2 rings (SSSR count). The van der Waals surface area contributed by atoms with E-state index in [9.17, 15) is 4.39 Å². The summed E-state index contributed by atoms with van der Waals surface area (Å²) < 4.78 is 18.4. The largest absolute Gasteiger partial charge is 0.495 e. The van der Waals surface area contributed by atoms with Gasteiger partial charge in [0.25, 0.3) is 0 Å². The Labute approximate surface area is 108 Å². The zero-order valence-corrected chi connectivity index (χ0v) is 10.8. The van der Waals surface area contributed by atoms with E-state index >= 15 is 0 Å². The maximum absolute atomic E-state index is 13.2. The van der Waals surface area contributed by atoms with Crippen molar-refractivity contribution in [3.63, 3.8) is 0 Å². The third-order valence-electron chi connectivity index (χ3n) is 3.38. The molecule has 1 atom stereocenters. The van der Waals surface area contributed by atoms with E-state index in [1.165, 1.54) is 31.4 Å². The normalized spacial score (nSPS) is 19.6. The minimum Gasteiger partial charge on any atom is -0.495 e. The number of halogens is 1. The van der Waals surface area contributed by atoms with Crippen LogP contribution in [-0.4, -0.2) is 26.2 Å². The Bertz CT molecular complexity index is 378. The molecule has 0 spiro atoms. The maximum Gasteiger partial charge on any atom is 0.142 e. The van der Waals surface area contributed by atoms with Gasteiger partial charge in [-0.15, -0.1) is 0 Å². The van der Waals surface area contributed by atoms with Crippen molar-refractivity contribution in [3.8, 4) is 5.75 Å². The van der Waals surface area contributed by atoms with Crippen LogP contribution in [0.25, 0.3) is 0 Å². The fraction of sp³-hybridized carbons (Fsp3) is 0.571. The molecule has 1 saturated heterocycles. The first-order chi connectivity index (χ1) is 8.79. The van der Waals surface area contributed by atoms with E-state index in [0.29, 0.717) is 11.8 Å². The molecule has 2 N–H and O–H groups in total. The highest BCUT2D eigenvalue weighted by molar-refractivity contribution is 5.56. The van der Waals surface area contributed by atoms with Gasteiger partial charge in [0.1, 0.15) is 11.6 Å². The van der Waals surface area contributed by atoms with Crippen LogP contribution in [0.15, 0.2) is 18.2 Å². The van der Waals surface area contributed by atoms with E-state index in [0.717, 1.165) is 25.2 Å². The monoisotopic (exact) mass is 252 g/mol. The predicted molar refractivity (Wildman–Crippen MR) is 71.7 cm³/mol. The summed E-state index contributed by atoms with van der Waals surface area (Å²) in [6.07, 6.45) is 4.88. The lowest BCUT2D eigenvalue weighted by Gasteiger charge is -2.23. The number of benzene rings is 1. The van der Waals surface area contributed by atoms with Crippen molar-refractivity contribution in [2.24, 2.45) is 0 Å². The van der Waals surface area contributed by atoms with Crippen LogP contribution >= 0.6 is 0 Å². The zero-order valence-electron chi connectivity index (χ0n) is 10.8. The molecule has 0 aliphatic carbocycles. The van der Waals surface area contributed by atoms with Gasteiger partial charge in [-0.1, -0.05) is 6.42 Å². The van der Waals surface area contributed by atoms with Gasteiger partial charge in [0.15, 0.2) is 0 Å².